The second kappa shape index (κ2) is 12.1. The lowest BCUT2D eigenvalue weighted by molar-refractivity contribution is -0.147. The van der Waals surface area contributed by atoms with Gasteiger partial charge in [0.15, 0.2) is 0 Å². The highest BCUT2D eigenvalue weighted by Gasteiger charge is 2.27. The van der Waals surface area contributed by atoms with E-state index in [9.17, 15) is 9.59 Å². The SMILES string of the molecule is CCCCOC(=O)C(=CC1CCCCC1CC)C(=O)OCCCC. The molecule has 2 atom stereocenters. The summed E-state index contributed by atoms with van der Waals surface area (Å²) < 4.78 is 10.5. The molecule has 0 aromatic heterocycles. The normalized spacial score (nSPS) is 20.3. The molecule has 1 aliphatic carbocycles. The van der Waals surface area contributed by atoms with Crippen LogP contribution in [0.3, 0.4) is 0 Å². The van der Waals surface area contributed by atoms with Gasteiger partial charge in [0.25, 0.3) is 0 Å². The van der Waals surface area contributed by atoms with E-state index in [-0.39, 0.29) is 11.5 Å². The van der Waals surface area contributed by atoms with Crippen LogP contribution in [-0.2, 0) is 19.1 Å². The van der Waals surface area contributed by atoms with Crippen molar-refractivity contribution >= 4 is 11.9 Å². The Kier molecular flexibility index (Phi) is 10.4. The van der Waals surface area contributed by atoms with Crippen LogP contribution in [-0.4, -0.2) is 25.2 Å². The van der Waals surface area contributed by atoms with Crippen molar-refractivity contribution in [2.75, 3.05) is 13.2 Å². The molecule has 4 heteroatoms. The van der Waals surface area contributed by atoms with E-state index >= 15 is 0 Å². The summed E-state index contributed by atoms with van der Waals surface area (Å²) >= 11 is 0. The lowest BCUT2D eigenvalue weighted by Gasteiger charge is -2.28. The van der Waals surface area contributed by atoms with E-state index in [1.54, 1.807) is 0 Å². The minimum Gasteiger partial charge on any atom is -0.462 e. The first kappa shape index (κ1) is 20.7. The third kappa shape index (κ3) is 7.06. The van der Waals surface area contributed by atoms with Gasteiger partial charge in [-0.2, -0.15) is 0 Å². The fraction of sp³-hybridized carbons (Fsp3) is 0.800. The predicted molar refractivity (Wildman–Crippen MR) is 95.6 cm³/mol. The number of unbranched alkanes of at least 4 members (excludes halogenated alkanes) is 2. The van der Waals surface area contributed by atoms with Gasteiger partial charge in [0.05, 0.1) is 13.2 Å². The largest absolute Gasteiger partial charge is 0.462 e. The molecular formula is C20H34O4. The van der Waals surface area contributed by atoms with Crippen LogP contribution in [0.4, 0.5) is 0 Å². The average Bonchev–Trinajstić information content (AvgIpc) is 2.60. The molecule has 0 aromatic carbocycles. The minimum absolute atomic E-state index is 0.104. The first-order valence-corrected chi connectivity index (χ1v) is 9.70. The van der Waals surface area contributed by atoms with Crippen LogP contribution >= 0.6 is 0 Å². The molecule has 1 rings (SSSR count). The van der Waals surface area contributed by atoms with Crippen molar-refractivity contribution in [1.82, 2.24) is 0 Å². The van der Waals surface area contributed by atoms with E-state index in [4.69, 9.17) is 9.47 Å². The number of hydrogen-bond donors (Lipinski definition) is 0. The first-order valence-electron chi connectivity index (χ1n) is 9.70. The molecule has 2 unspecified atom stereocenters. The van der Waals surface area contributed by atoms with Gasteiger partial charge in [-0.15, -0.1) is 0 Å². The van der Waals surface area contributed by atoms with Gasteiger partial charge < -0.3 is 9.47 Å². The summed E-state index contributed by atoms with van der Waals surface area (Å²) in [5, 5.41) is 0. The van der Waals surface area contributed by atoms with Crippen LogP contribution in [0.15, 0.2) is 11.6 Å². The maximum atomic E-state index is 12.4. The van der Waals surface area contributed by atoms with Gasteiger partial charge in [0.2, 0.25) is 0 Å². The van der Waals surface area contributed by atoms with E-state index in [0.717, 1.165) is 44.9 Å². The third-order valence-corrected chi connectivity index (χ3v) is 4.77. The molecule has 0 saturated heterocycles. The summed E-state index contributed by atoms with van der Waals surface area (Å²) in [6.45, 7) is 6.97. The minimum atomic E-state index is -0.523. The Morgan fingerprint density at radius 2 is 1.46 bits per heavy atom. The highest BCUT2D eigenvalue weighted by molar-refractivity contribution is 6.14. The summed E-state index contributed by atoms with van der Waals surface area (Å²) in [5.74, 6) is -0.229. The number of rotatable bonds is 10. The molecule has 1 saturated carbocycles. The number of esters is 2. The fourth-order valence-corrected chi connectivity index (χ4v) is 3.17. The van der Waals surface area contributed by atoms with E-state index in [1.165, 1.54) is 12.8 Å². The summed E-state index contributed by atoms with van der Waals surface area (Å²) in [7, 11) is 0. The van der Waals surface area contributed by atoms with Gasteiger partial charge in [-0.3, -0.25) is 0 Å². The quantitative estimate of drug-likeness (QED) is 0.188. The predicted octanol–water partition coefficient (Wildman–Crippen LogP) is 4.82. The lowest BCUT2D eigenvalue weighted by atomic mass is 9.77. The van der Waals surface area contributed by atoms with Gasteiger partial charge in [-0.1, -0.05) is 59.0 Å². The summed E-state index contributed by atoms with van der Waals surface area (Å²) in [6.07, 6.45) is 11.0. The second-order valence-corrected chi connectivity index (χ2v) is 6.68. The molecule has 1 aliphatic rings. The zero-order valence-electron chi connectivity index (χ0n) is 15.6. The summed E-state index contributed by atoms with van der Waals surface area (Å²) in [4.78, 5) is 24.7. The van der Waals surface area contributed by atoms with Crippen molar-refractivity contribution in [3.63, 3.8) is 0 Å². The van der Waals surface area contributed by atoms with Crippen molar-refractivity contribution in [3.05, 3.63) is 11.6 Å². The van der Waals surface area contributed by atoms with E-state index in [2.05, 4.69) is 6.92 Å². The Bertz CT molecular complexity index is 390. The average molecular weight is 338 g/mol. The van der Waals surface area contributed by atoms with Crippen LogP contribution in [0.1, 0.15) is 78.6 Å². The second-order valence-electron chi connectivity index (χ2n) is 6.68. The van der Waals surface area contributed by atoms with E-state index in [0.29, 0.717) is 19.1 Å². The molecule has 0 heterocycles. The molecule has 24 heavy (non-hydrogen) atoms. The van der Waals surface area contributed by atoms with Crippen molar-refractivity contribution < 1.29 is 19.1 Å². The molecule has 138 valence electrons. The van der Waals surface area contributed by atoms with Crippen LogP contribution in [0.2, 0.25) is 0 Å². The number of hydrogen-bond acceptors (Lipinski definition) is 4. The zero-order chi connectivity index (χ0) is 17.8. The van der Waals surface area contributed by atoms with Gasteiger partial charge in [-0.25, -0.2) is 9.59 Å². The topological polar surface area (TPSA) is 52.6 Å². The van der Waals surface area contributed by atoms with Crippen LogP contribution < -0.4 is 0 Å². The number of carbonyl (C=O) groups is 2. The molecule has 4 nitrogen and oxygen atoms in total. The first-order chi connectivity index (χ1) is 11.6. The standard InChI is InChI=1S/C20H34O4/c1-4-7-13-23-19(21)18(20(22)24-14-8-5-2)15-17-12-10-9-11-16(17)6-3/h15-17H,4-14H2,1-3H3. The lowest BCUT2D eigenvalue weighted by Crippen LogP contribution is -2.23. The molecule has 0 N–H and O–H groups in total. The molecule has 0 aromatic rings. The van der Waals surface area contributed by atoms with Gasteiger partial charge in [-0.05, 0) is 37.5 Å². The highest BCUT2D eigenvalue weighted by Crippen LogP contribution is 2.34. The Balaban J connectivity index is 2.83. The molecule has 1 fully saturated rings. The number of allylic oxidation sites excluding steroid dienone is 1. The maximum Gasteiger partial charge on any atom is 0.345 e. The van der Waals surface area contributed by atoms with Gasteiger partial charge in [0, 0.05) is 0 Å². The van der Waals surface area contributed by atoms with Crippen molar-refractivity contribution in [1.29, 1.82) is 0 Å². The molecule has 0 spiro atoms. The Hall–Kier alpha value is -1.32. The van der Waals surface area contributed by atoms with Gasteiger partial charge >= 0.3 is 11.9 Å². The van der Waals surface area contributed by atoms with E-state index < -0.39 is 11.9 Å². The molecule has 0 radical (unpaired) electrons. The summed E-state index contributed by atoms with van der Waals surface area (Å²) in [5.41, 5.74) is 0.104. The van der Waals surface area contributed by atoms with E-state index in [1.807, 2.05) is 19.9 Å². The van der Waals surface area contributed by atoms with Gasteiger partial charge in [0.1, 0.15) is 5.57 Å². The Morgan fingerprint density at radius 1 is 0.917 bits per heavy atom. The maximum absolute atomic E-state index is 12.4. The molecule has 0 amide bonds. The van der Waals surface area contributed by atoms with Crippen LogP contribution in [0.5, 0.6) is 0 Å². The molecule has 0 aliphatic heterocycles. The monoisotopic (exact) mass is 338 g/mol. The van der Waals surface area contributed by atoms with Crippen molar-refractivity contribution in [2.24, 2.45) is 11.8 Å². The fourth-order valence-electron chi connectivity index (χ4n) is 3.17. The Labute approximate surface area is 147 Å². The van der Waals surface area contributed by atoms with Crippen molar-refractivity contribution in [3.8, 4) is 0 Å². The van der Waals surface area contributed by atoms with Crippen molar-refractivity contribution in [2.45, 2.75) is 78.6 Å². The summed E-state index contributed by atoms with van der Waals surface area (Å²) in [6, 6.07) is 0. The number of ether oxygens (including phenoxy) is 2. The molecule has 0 bridgehead atoms. The van der Waals surface area contributed by atoms with Crippen LogP contribution in [0, 0.1) is 11.8 Å². The highest BCUT2D eigenvalue weighted by atomic mass is 16.6. The third-order valence-electron chi connectivity index (χ3n) is 4.77. The zero-order valence-corrected chi connectivity index (χ0v) is 15.6. The number of carbonyl (C=O) groups excluding carboxylic acids is 2. The molecular weight excluding hydrogens is 304 g/mol. The van der Waals surface area contributed by atoms with Crippen LogP contribution in [0.25, 0.3) is 0 Å². The smallest absolute Gasteiger partial charge is 0.345 e. The Morgan fingerprint density at radius 3 is 1.96 bits per heavy atom.